The zero-order valence-electron chi connectivity index (χ0n) is 23.4. The summed E-state index contributed by atoms with van der Waals surface area (Å²) >= 11 is 0. The third-order valence-electron chi connectivity index (χ3n) is 7.55. The number of halogens is 1. The summed E-state index contributed by atoms with van der Waals surface area (Å²) in [6.45, 7) is 7.43. The fourth-order valence-corrected chi connectivity index (χ4v) is 5.28. The van der Waals surface area contributed by atoms with Gasteiger partial charge in [0.05, 0.1) is 24.8 Å². The van der Waals surface area contributed by atoms with Crippen LogP contribution in [-0.4, -0.2) is 65.1 Å². The van der Waals surface area contributed by atoms with Crippen molar-refractivity contribution < 1.29 is 18.7 Å². The highest BCUT2D eigenvalue weighted by Gasteiger charge is 2.33. The van der Waals surface area contributed by atoms with E-state index >= 15 is 0 Å². The molecule has 1 aromatic heterocycles. The monoisotopic (exact) mass is 544 g/mol. The smallest absolute Gasteiger partial charge is 0.254 e. The van der Waals surface area contributed by atoms with E-state index in [9.17, 15) is 9.18 Å². The van der Waals surface area contributed by atoms with Crippen LogP contribution in [0, 0.1) is 11.7 Å². The number of hydrogen-bond acceptors (Lipinski definition) is 5. The van der Waals surface area contributed by atoms with Crippen molar-refractivity contribution in [2.24, 2.45) is 5.92 Å². The van der Waals surface area contributed by atoms with E-state index in [0.29, 0.717) is 43.9 Å². The van der Waals surface area contributed by atoms with Gasteiger partial charge < -0.3 is 19.4 Å². The first-order chi connectivity index (χ1) is 19.4. The number of H-pyrrole nitrogens is 1. The minimum Gasteiger partial charge on any atom is -0.497 e. The zero-order chi connectivity index (χ0) is 28.1. The maximum atomic E-state index is 14.2. The number of ether oxygens (including phenoxy) is 2. The maximum absolute atomic E-state index is 14.2. The van der Waals surface area contributed by atoms with Gasteiger partial charge >= 0.3 is 0 Å². The first-order valence-electron chi connectivity index (χ1n) is 13.9. The van der Waals surface area contributed by atoms with Gasteiger partial charge in [0.2, 0.25) is 0 Å². The summed E-state index contributed by atoms with van der Waals surface area (Å²) in [5.41, 5.74) is 3.05. The lowest BCUT2D eigenvalue weighted by molar-refractivity contribution is 0.0326. The van der Waals surface area contributed by atoms with Crippen molar-refractivity contribution in [2.45, 2.75) is 39.3 Å². The second-order valence-corrected chi connectivity index (χ2v) is 10.7. The number of benzene rings is 3. The molecule has 0 saturated carbocycles. The fraction of sp³-hybridized carbons (Fsp3) is 0.375. The number of piperazine rings is 1. The van der Waals surface area contributed by atoms with Gasteiger partial charge in [0, 0.05) is 49.8 Å². The molecule has 1 unspecified atom stereocenters. The molecule has 2 heterocycles. The van der Waals surface area contributed by atoms with Gasteiger partial charge in [0.15, 0.2) is 0 Å². The number of rotatable bonds is 10. The van der Waals surface area contributed by atoms with Crippen LogP contribution in [0.25, 0.3) is 11.0 Å². The molecule has 1 amide bonds. The molecule has 210 valence electrons. The number of carbonyl (C=O) groups excluding carboxylic acids is 1. The van der Waals surface area contributed by atoms with Gasteiger partial charge in [0.1, 0.15) is 23.1 Å². The summed E-state index contributed by atoms with van der Waals surface area (Å²) in [6, 6.07) is 20.2. The highest BCUT2D eigenvalue weighted by molar-refractivity contribution is 5.97. The molecule has 0 spiro atoms. The number of imidazole rings is 1. The minimum atomic E-state index is -0.181. The molecule has 5 rings (SSSR count). The highest BCUT2D eigenvalue weighted by atomic mass is 19.1. The Morgan fingerprint density at radius 3 is 2.60 bits per heavy atom. The number of aromatic nitrogens is 2. The van der Waals surface area contributed by atoms with Crippen LogP contribution in [0.15, 0.2) is 66.7 Å². The Balaban J connectivity index is 1.19. The molecule has 1 saturated heterocycles. The number of carbonyl (C=O) groups is 1. The Labute approximate surface area is 234 Å². The number of nitrogens with zero attached hydrogens (tertiary/aromatic N) is 3. The summed E-state index contributed by atoms with van der Waals surface area (Å²) < 4.78 is 25.2. The number of aryl methyl sites for hydroxylation is 1. The Hall–Kier alpha value is -3.91. The minimum absolute atomic E-state index is 0.0233. The van der Waals surface area contributed by atoms with Gasteiger partial charge in [-0.3, -0.25) is 9.69 Å². The molecule has 3 aromatic carbocycles. The average molecular weight is 545 g/mol. The topological polar surface area (TPSA) is 70.7 Å². The Morgan fingerprint density at radius 2 is 1.85 bits per heavy atom. The largest absolute Gasteiger partial charge is 0.497 e. The van der Waals surface area contributed by atoms with Gasteiger partial charge in [-0.25, -0.2) is 9.37 Å². The van der Waals surface area contributed by atoms with Crippen LogP contribution >= 0.6 is 0 Å². The van der Waals surface area contributed by atoms with Crippen LogP contribution in [-0.2, 0) is 13.0 Å². The first kappa shape index (κ1) is 27.6. The summed E-state index contributed by atoms with van der Waals surface area (Å²) in [6.07, 6.45) is 1.55. The van der Waals surface area contributed by atoms with Crippen molar-refractivity contribution in [3.8, 4) is 11.5 Å². The molecule has 4 aromatic rings. The first-order valence-corrected chi connectivity index (χ1v) is 13.9. The van der Waals surface area contributed by atoms with E-state index in [0.717, 1.165) is 41.2 Å². The Bertz CT molecular complexity index is 1440. The molecule has 8 heteroatoms. The number of hydrogen-bond donors (Lipinski definition) is 1. The van der Waals surface area contributed by atoms with Crippen molar-refractivity contribution >= 4 is 16.9 Å². The molecular weight excluding hydrogens is 507 g/mol. The van der Waals surface area contributed by atoms with Gasteiger partial charge in [0.25, 0.3) is 5.91 Å². The molecule has 1 fully saturated rings. The van der Waals surface area contributed by atoms with E-state index in [1.165, 1.54) is 6.07 Å². The van der Waals surface area contributed by atoms with Gasteiger partial charge in [-0.2, -0.15) is 0 Å². The molecule has 0 aliphatic carbocycles. The van der Waals surface area contributed by atoms with Crippen LogP contribution in [0.3, 0.4) is 0 Å². The summed E-state index contributed by atoms with van der Waals surface area (Å²) in [7, 11) is 1.64. The third kappa shape index (κ3) is 6.45. The van der Waals surface area contributed by atoms with E-state index in [1.807, 2.05) is 59.5 Å². The lowest BCUT2D eigenvalue weighted by atomic mass is 9.98. The predicted octanol–water partition coefficient (Wildman–Crippen LogP) is 5.70. The molecule has 7 nitrogen and oxygen atoms in total. The Morgan fingerprint density at radius 1 is 1.07 bits per heavy atom. The second kappa shape index (κ2) is 12.5. The van der Waals surface area contributed by atoms with Crippen molar-refractivity contribution in [1.29, 1.82) is 0 Å². The van der Waals surface area contributed by atoms with Gasteiger partial charge in [-0.1, -0.05) is 32.0 Å². The van der Waals surface area contributed by atoms with Crippen molar-refractivity contribution in [2.75, 3.05) is 33.4 Å². The van der Waals surface area contributed by atoms with Gasteiger partial charge in [-0.15, -0.1) is 0 Å². The van der Waals surface area contributed by atoms with Crippen LogP contribution in [0.4, 0.5) is 4.39 Å². The lowest BCUT2D eigenvalue weighted by Crippen LogP contribution is -2.56. The Kier molecular flexibility index (Phi) is 8.65. The zero-order valence-corrected chi connectivity index (χ0v) is 23.4. The van der Waals surface area contributed by atoms with E-state index in [2.05, 4.69) is 23.7 Å². The predicted molar refractivity (Wildman–Crippen MR) is 154 cm³/mol. The van der Waals surface area contributed by atoms with E-state index in [4.69, 9.17) is 14.5 Å². The number of fused-ring (bicyclic) bond motifs is 1. The average Bonchev–Trinajstić information content (AvgIpc) is 3.38. The van der Waals surface area contributed by atoms with Crippen LogP contribution in [0.2, 0.25) is 0 Å². The molecule has 1 aliphatic heterocycles. The molecule has 1 aliphatic rings. The van der Waals surface area contributed by atoms with Crippen LogP contribution in [0.1, 0.15) is 42.0 Å². The summed E-state index contributed by atoms with van der Waals surface area (Å²) in [4.78, 5) is 26.0. The normalized spacial score (nSPS) is 16.0. The lowest BCUT2D eigenvalue weighted by Gasteiger charge is -2.43. The molecule has 1 N–H and O–H groups in total. The molecule has 0 radical (unpaired) electrons. The number of aromatic amines is 1. The fourth-order valence-electron chi connectivity index (χ4n) is 5.28. The summed E-state index contributed by atoms with van der Waals surface area (Å²) in [5, 5.41) is 0. The molecule has 1 atom stereocenters. The van der Waals surface area contributed by atoms with Crippen LogP contribution in [0.5, 0.6) is 11.5 Å². The second-order valence-electron chi connectivity index (χ2n) is 10.7. The van der Waals surface area contributed by atoms with Crippen molar-refractivity contribution in [1.82, 2.24) is 19.8 Å². The van der Waals surface area contributed by atoms with Crippen LogP contribution < -0.4 is 9.47 Å². The number of amides is 1. The van der Waals surface area contributed by atoms with Crippen molar-refractivity contribution in [3.05, 3.63) is 89.5 Å². The third-order valence-corrected chi connectivity index (χ3v) is 7.55. The quantitative estimate of drug-likeness (QED) is 0.259. The highest BCUT2D eigenvalue weighted by Crippen LogP contribution is 2.24. The molecular formula is C32H37FN4O3. The molecule has 40 heavy (non-hydrogen) atoms. The summed E-state index contributed by atoms with van der Waals surface area (Å²) in [5.74, 6) is 2.60. The van der Waals surface area contributed by atoms with Gasteiger partial charge in [-0.05, 0) is 60.9 Å². The van der Waals surface area contributed by atoms with Crippen molar-refractivity contribution in [3.63, 3.8) is 0 Å². The van der Waals surface area contributed by atoms with E-state index in [1.54, 1.807) is 13.2 Å². The number of nitrogens with one attached hydrogen (secondary N) is 1. The van der Waals surface area contributed by atoms with E-state index < -0.39 is 0 Å². The maximum Gasteiger partial charge on any atom is 0.254 e. The number of methoxy groups -OCH3 is 1. The SMILES string of the molecule is COc1ccc(OCCCc2nc3ccc(C(=O)N4CCN(Cc5ccccc5F)CC4C(C)C)cc3[nH]2)cc1. The molecule has 0 bridgehead atoms. The van der Waals surface area contributed by atoms with E-state index in [-0.39, 0.29) is 23.7 Å². The standard InChI is InChI=1S/C32H37FN4O3/c1-22(2)30-21-36(20-24-7-4-5-8-27(24)33)16-17-37(30)32(38)23-10-15-28-29(19-23)35-31(34-28)9-6-18-40-26-13-11-25(39-3)12-14-26/h4-5,7-8,10-15,19,22,30H,6,9,16-18,20-21H2,1-3H3,(H,34,35).